The van der Waals surface area contributed by atoms with Crippen LogP contribution in [0.4, 0.5) is 11.6 Å². The van der Waals surface area contributed by atoms with Crippen molar-refractivity contribution in [3.05, 3.63) is 48.4 Å². The van der Waals surface area contributed by atoms with Gasteiger partial charge < -0.3 is 15.6 Å². The van der Waals surface area contributed by atoms with Crippen LogP contribution in [0, 0.1) is 5.92 Å². The standard InChI is InChI=1S/C18H23N5/c1-13(2)10-21-18-9-17(22-12-23-18)19-8-7-14-11-20-16-6-4-3-5-15(14)16/h3-6,9,11-13,20H,7-8,10H2,1-2H3,(H2,19,21,22,23). The summed E-state index contributed by atoms with van der Waals surface area (Å²) in [5.41, 5.74) is 2.50. The van der Waals surface area contributed by atoms with Crippen LogP contribution in [0.1, 0.15) is 19.4 Å². The summed E-state index contributed by atoms with van der Waals surface area (Å²) in [4.78, 5) is 11.8. The number of fused-ring (bicyclic) bond motifs is 1. The Kier molecular flexibility index (Phi) is 4.76. The van der Waals surface area contributed by atoms with Crippen molar-refractivity contribution < 1.29 is 0 Å². The molecule has 1 aromatic carbocycles. The van der Waals surface area contributed by atoms with Gasteiger partial charge in [0.05, 0.1) is 0 Å². The molecular formula is C18H23N5. The largest absolute Gasteiger partial charge is 0.370 e. The highest BCUT2D eigenvalue weighted by Crippen LogP contribution is 2.18. The van der Waals surface area contributed by atoms with Gasteiger partial charge in [-0.3, -0.25) is 0 Å². The summed E-state index contributed by atoms with van der Waals surface area (Å²) in [6.45, 7) is 6.09. The number of nitrogens with one attached hydrogen (secondary N) is 3. The van der Waals surface area contributed by atoms with Gasteiger partial charge in [0.1, 0.15) is 18.0 Å². The van der Waals surface area contributed by atoms with Crippen LogP contribution in [0.3, 0.4) is 0 Å². The average Bonchev–Trinajstić information content (AvgIpc) is 2.97. The summed E-state index contributed by atoms with van der Waals surface area (Å²) in [6, 6.07) is 10.3. The van der Waals surface area contributed by atoms with E-state index >= 15 is 0 Å². The van der Waals surface area contributed by atoms with E-state index in [1.165, 1.54) is 16.5 Å². The number of aromatic amines is 1. The Labute approximate surface area is 136 Å². The van der Waals surface area contributed by atoms with Crippen molar-refractivity contribution in [3.63, 3.8) is 0 Å². The number of benzene rings is 1. The van der Waals surface area contributed by atoms with Crippen LogP contribution in [0.2, 0.25) is 0 Å². The van der Waals surface area contributed by atoms with Crippen molar-refractivity contribution in [2.45, 2.75) is 20.3 Å². The Morgan fingerprint density at radius 3 is 2.70 bits per heavy atom. The van der Waals surface area contributed by atoms with E-state index < -0.39 is 0 Å². The minimum Gasteiger partial charge on any atom is -0.370 e. The molecule has 0 unspecified atom stereocenters. The maximum Gasteiger partial charge on any atom is 0.131 e. The van der Waals surface area contributed by atoms with Crippen LogP contribution in [0.5, 0.6) is 0 Å². The molecule has 23 heavy (non-hydrogen) atoms. The van der Waals surface area contributed by atoms with Gasteiger partial charge in [0, 0.05) is 36.3 Å². The third kappa shape index (κ3) is 4.00. The molecule has 0 fully saturated rings. The monoisotopic (exact) mass is 309 g/mol. The Hall–Kier alpha value is -2.56. The molecule has 0 saturated heterocycles. The van der Waals surface area contributed by atoms with Gasteiger partial charge in [-0.2, -0.15) is 0 Å². The fourth-order valence-electron chi connectivity index (χ4n) is 2.52. The van der Waals surface area contributed by atoms with Crippen molar-refractivity contribution >= 4 is 22.5 Å². The van der Waals surface area contributed by atoms with Gasteiger partial charge in [0.2, 0.25) is 0 Å². The number of anilines is 2. The number of para-hydroxylation sites is 1. The maximum atomic E-state index is 4.28. The van der Waals surface area contributed by atoms with Crippen molar-refractivity contribution in [3.8, 4) is 0 Å². The van der Waals surface area contributed by atoms with E-state index in [1.807, 2.05) is 12.1 Å². The molecule has 0 amide bonds. The molecule has 0 spiro atoms. The number of aromatic nitrogens is 3. The fraction of sp³-hybridized carbons (Fsp3) is 0.333. The molecule has 2 heterocycles. The Morgan fingerprint density at radius 1 is 1.09 bits per heavy atom. The highest BCUT2D eigenvalue weighted by Gasteiger charge is 2.03. The fourth-order valence-corrected chi connectivity index (χ4v) is 2.52. The van der Waals surface area contributed by atoms with E-state index in [-0.39, 0.29) is 0 Å². The third-order valence-electron chi connectivity index (χ3n) is 3.73. The molecule has 0 aliphatic rings. The van der Waals surface area contributed by atoms with Crippen molar-refractivity contribution in [1.29, 1.82) is 0 Å². The molecular weight excluding hydrogens is 286 g/mol. The van der Waals surface area contributed by atoms with E-state index in [4.69, 9.17) is 0 Å². The normalized spacial score (nSPS) is 11.1. The zero-order valence-electron chi connectivity index (χ0n) is 13.6. The van der Waals surface area contributed by atoms with E-state index in [0.29, 0.717) is 5.92 Å². The lowest BCUT2D eigenvalue weighted by Gasteiger charge is -2.10. The number of H-pyrrole nitrogens is 1. The van der Waals surface area contributed by atoms with Crippen LogP contribution in [0.15, 0.2) is 42.9 Å². The molecule has 2 aromatic heterocycles. The van der Waals surface area contributed by atoms with E-state index in [9.17, 15) is 0 Å². The number of nitrogens with zero attached hydrogens (tertiary/aromatic N) is 2. The maximum absolute atomic E-state index is 4.28. The second-order valence-corrected chi connectivity index (χ2v) is 6.10. The second-order valence-electron chi connectivity index (χ2n) is 6.10. The number of rotatable bonds is 7. The van der Waals surface area contributed by atoms with Crippen molar-refractivity contribution in [1.82, 2.24) is 15.0 Å². The molecule has 0 bridgehead atoms. The summed E-state index contributed by atoms with van der Waals surface area (Å²) < 4.78 is 0. The number of hydrogen-bond acceptors (Lipinski definition) is 4. The van der Waals surface area contributed by atoms with E-state index in [0.717, 1.165) is 31.1 Å². The predicted octanol–water partition coefficient (Wildman–Crippen LogP) is 3.68. The predicted molar refractivity (Wildman–Crippen MR) is 95.9 cm³/mol. The molecule has 3 rings (SSSR count). The molecule has 0 atom stereocenters. The lowest BCUT2D eigenvalue weighted by molar-refractivity contribution is 0.687. The summed E-state index contributed by atoms with van der Waals surface area (Å²) in [6.07, 6.45) is 4.63. The minimum absolute atomic E-state index is 0.586. The molecule has 5 nitrogen and oxygen atoms in total. The van der Waals surface area contributed by atoms with Gasteiger partial charge in [-0.15, -0.1) is 0 Å². The summed E-state index contributed by atoms with van der Waals surface area (Å²) in [5, 5.41) is 7.98. The average molecular weight is 309 g/mol. The van der Waals surface area contributed by atoms with Gasteiger partial charge in [-0.1, -0.05) is 32.0 Å². The first-order valence-corrected chi connectivity index (χ1v) is 8.07. The summed E-state index contributed by atoms with van der Waals surface area (Å²) in [5.74, 6) is 2.30. The van der Waals surface area contributed by atoms with E-state index in [1.54, 1.807) is 6.33 Å². The quantitative estimate of drug-likeness (QED) is 0.623. The second kappa shape index (κ2) is 7.13. The van der Waals surface area contributed by atoms with Crippen LogP contribution in [0.25, 0.3) is 10.9 Å². The third-order valence-corrected chi connectivity index (χ3v) is 3.73. The Morgan fingerprint density at radius 2 is 1.87 bits per heavy atom. The van der Waals surface area contributed by atoms with E-state index in [2.05, 4.69) is 63.8 Å². The van der Waals surface area contributed by atoms with Gasteiger partial charge in [0.25, 0.3) is 0 Å². The number of hydrogen-bond donors (Lipinski definition) is 3. The Balaban J connectivity index is 1.57. The molecule has 0 radical (unpaired) electrons. The lowest BCUT2D eigenvalue weighted by atomic mass is 10.1. The highest BCUT2D eigenvalue weighted by molar-refractivity contribution is 5.83. The minimum atomic E-state index is 0.586. The molecule has 0 saturated carbocycles. The lowest BCUT2D eigenvalue weighted by Crippen LogP contribution is -2.11. The van der Waals surface area contributed by atoms with Gasteiger partial charge >= 0.3 is 0 Å². The van der Waals surface area contributed by atoms with Crippen LogP contribution in [-0.2, 0) is 6.42 Å². The first-order chi connectivity index (χ1) is 11.2. The zero-order chi connectivity index (χ0) is 16.1. The molecule has 120 valence electrons. The molecule has 5 heteroatoms. The van der Waals surface area contributed by atoms with Crippen LogP contribution in [-0.4, -0.2) is 28.0 Å². The SMILES string of the molecule is CC(C)CNc1cc(NCCc2c[nH]c3ccccc23)ncn1. The van der Waals surface area contributed by atoms with Gasteiger partial charge in [0.15, 0.2) is 0 Å². The molecule has 0 aliphatic heterocycles. The van der Waals surface area contributed by atoms with Gasteiger partial charge in [-0.25, -0.2) is 9.97 Å². The first kappa shape index (κ1) is 15.3. The molecule has 3 aromatic rings. The first-order valence-electron chi connectivity index (χ1n) is 8.07. The van der Waals surface area contributed by atoms with Crippen LogP contribution < -0.4 is 10.6 Å². The highest BCUT2D eigenvalue weighted by atomic mass is 15.1. The summed E-state index contributed by atoms with van der Waals surface area (Å²) >= 11 is 0. The molecule has 0 aliphatic carbocycles. The van der Waals surface area contributed by atoms with Crippen LogP contribution >= 0.6 is 0 Å². The Bertz CT molecular complexity index is 763. The van der Waals surface area contributed by atoms with Crippen molar-refractivity contribution in [2.75, 3.05) is 23.7 Å². The smallest absolute Gasteiger partial charge is 0.131 e. The summed E-state index contributed by atoms with van der Waals surface area (Å²) in [7, 11) is 0. The van der Waals surface area contributed by atoms with Crippen molar-refractivity contribution in [2.24, 2.45) is 5.92 Å². The zero-order valence-corrected chi connectivity index (χ0v) is 13.6. The topological polar surface area (TPSA) is 65.6 Å². The molecule has 3 N–H and O–H groups in total. The van der Waals surface area contributed by atoms with Gasteiger partial charge in [-0.05, 0) is 24.0 Å².